The predicted octanol–water partition coefficient (Wildman–Crippen LogP) is 1.26. The van der Waals surface area contributed by atoms with Gasteiger partial charge in [0, 0.05) is 31.7 Å². The van der Waals surface area contributed by atoms with Crippen LogP contribution in [-0.2, 0) is 11.2 Å². The minimum atomic E-state index is -0.126. The molecule has 1 aromatic rings. The average Bonchev–Trinajstić information content (AvgIpc) is 2.50. The maximum atomic E-state index is 11.8. The van der Waals surface area contributed by atoms with Gasteiger partial charge in [0.05, 0.1) is 0 Å². The van der Waals surface area contributed by atoms with Crippen LogP contribution >= 0.6 is 0 Å². The molecule has 116 valence electrons. The molecule has 1 rings (SSSR count). The van der Waals surface area contributed by atoms with Gasteiger partial charge in [0.2, 0.25) is 5.91 Å². The van der Waals surface area contributed by atoms with E-state index in [1.807, 2.05) is 19.1 Å². The summed E-state index contributed by atoms with van der Waals surface area (Å²) >= 11 is 0. The Morgan fingerprint density at radius 2 is 2.10 bits per heavy atom. The molecule has 0 aliphatic carbocycles. The second kappa shape index (κ2) is 9.13. The molecule has 0 bridgehead atoms. The van der Waals surface area contributed by atoms with Gasteiger partial charge in [-0.2, -0.15) is 0 Å². The van der Waals surface area contributed by atoms with Crippen molar-refractivity contribution in [3.8, 4) is 0 Å². The smallest absolute Gasteiger partial charge is 0.251 e. The van der Waals surface area contributed by atoms with Crippen molar-refractivity contribution in [3.05, 3.63) is 35.4 Å². The third-order valence-corrected chi connectivity index (χ3v) is 3.26. The van der Waals surface area contributed by atoms with Gasteiger partial charge < -0.3 is 15.7 Å². The van der Waals surface area contributed by atoms with E-state index in [0.29, 0.717) is 24.8 Å². The standard InChI is InChI=1S/C16H24N2O3/c1-12(5-4-10-19)18-15(20)9-8-13-6-3-7-14(11-13)16(21)17-2/h3,6-7,11-12,19H,4-5,8-10H2,1-2H3,(H,17,21)(H,18,20). The summed E-state index contributed by atoms with van der Waals surface area (Å²) in [6.07, 6.45) is 2.45. The van der Waals surface area contributed by atoms with Crippen molar-refractivity contribution >= 4 is 11.8 Å². The average molecular weight is 292 g/mol. The number of carbonyl (C=O) groups is 2. The van der Waals surface area contributed by atoms with Crippen LogP contribution < -0.4 is 10.6 Å². The molecule has 21 heavy (non-hydrogen) atoms. The molecular weight excluding hydrogens is 268 g/mol. The highest BCUT2D eigenvalue weighted by molar-refractivity contribution is 5.94. The lowest BCUT2D eigenvalue weighted by molar-refractivity contribution is -0.121. The summed E-state index contributed by atoms with van der Waals surface area (Å²) in [7, 11) is 1.59. The molecular formula is C16H24N2O3. The van der Waals surface area contributed by atoms with Gasteiger partial charge >= 0.3 is 0 Å². The lowest BCUT2D eigenvalue weighted by Crippen LogP contribution is -2.32. The van der Waals surface area contributed by atoms with Crippen LogP contribution in [-0.4, -0.2) is 36.6 Å². The number of aliphatic hydroxyl groups excluding tert-OH is 1. The van der Waals surface area contributed by atoms with Crippen LogP contribution in [0.3, 0.4) is 0 Å². The van der Waals surface area contributed by atoms with Crippen LogP contribution in [0.2, 0.25) is 0 Å². The molecule has 0 aromatic heterocycles. The SMILES string of the molecule is CNC(=O)c1cccc(CCC(=O)NC(C)CCCO)c1. The molecule has 0 aliphatic heterocycles. The fraction of sp³-hybridized carbons (Fsp3) is 0.500. The van der Waals surface area contributed by atoms with Gasteiger partial charge in [-0.25, -0.2) is 0 Å². The first kappa shape index (κ1) is 17.2. The molecule has 0 spiro atoms. The first-order chi connectivity index (χ1) is 10.1. The van der Waals surface area contributed by atoms with Crippen LogP contribution in [0.5, 0.6) is 0 Å². The van der Waals surface area contributed by atoms with Gasteiger partial charge in [0.1, 0.15) is 0 Å². The summed E-state index contributed by atoms with van der Waals surface area (Å²) in [5, 5.41) is 14.2. The van der Waals surface area contributed by atoms with Crippen LogP contribution in [0.1, 0.15) is 42.1 Å². The first-order valence-corrected chi connectivity index (χ1v) is 7.28. The topological polar surface area (TPSA) is 78.4 Å². The predicted molar refractivity (Wildman–Crippen MR) is 82.1 cm³/mol. The summed E-state index contributed by atoms with van der Waals surface area (Å²) in [5.74, 6) is -0.135. The van der Waals surface area contributed by atoms with Gasteiger partial charge in [-0.3, -0.25) is 9.59 Å². The zero-order valence-corrected chi connectivity index (χ0v) is 12.7. The highest BCUT2D eigenvalue weighted by atomic mass is 16.3. The minimum Gasteiger partial charge on any atom is -0.396 e. The minimum absolute atomic E-state index is 0.00853. The van der Waals surface area contributed by atoms with E-state index in [1.165, 1.54) is 0 Å². The number of rotatable bonds is 8. The van der Waals surface area contributed by atoms with Crippen molar-refractivity contribution < 1.29 is 14.7 Å². The molecule has 0 radical (unpaired) electrons. The fourth-order valence-corrected chi connectivity index (χ4v) is 2.09. The Morgan fingerprint density at radius 3 is 2.76 bits per heavy atom. The van der Waals surface area contributed by atoms with Gasteiger partial charge in [-0.05, 0) is 43.9 Å². The quantitative estimate of drug-likeness (QED) is 0.675. The van der Waals surface area contributed by atoms with E-state index in [1.54, 1.807) is 19.2 Å². The Bertz CT molecular complexity index is 474. The van der Waals surface area contributed by atoms with Crippen LogP contribution in [0.4, 0.5) is 0 Å². The van der Waals surface area contributed by atoms with Crippen molar-refractivity contribution in [2.24, 2.45) is 0 Å². The Balaban J connectivity index is 2.44. The molecule has 0 heterocycles. The van der Waals surface area contributed by atoms with E-state index in [2.05, 4.69) is 10.6 Å². The molecule has 1 unspecified atom stereocenters. The fourth-order valence-electron chi connectivity index (χ4n) is 2.09. The number of hydrogen-bond donors (Lipinski definition) is 3. The maximum Gasteiger partial charge on any atom is 0.251 e. The van der Waals surface area contributed by atoms with Gasteiger partial charge in [0.15, 0.2) is 0 Å². The second-order valence-corrected chi connectivity index (χ2v) is 5.11. The van der Waals surface area contributed by atoms with Crippen molar-refractivity contribution in [1.29, 1.82) is 0 Å². The molecule has 2 amide bonds. The van der Waals surface area contributed by atoms with Crippen LogP contribution in [0, 0.1) is 0 Å². The molecule has 3 N–H and O–H groups in total. The van der Waals surface area contributed by atoms with Crippen LogP contribution in [0.25, 0.3) is 0 Å². The van der Waals surface area contributed by atoms with Crippen LogP contribution in [0.15, 0.2) is 24.3 Å². The van der Waals surface area contributed by atoms with Gasteiger partial charge in [-0.1, -0.05) is 12.1 Å². The van der Waals surface area contributed by atoms with Gasteiger partial charge in [0.25, 0.3) is 5.91 Å². The molecule has 1 atom stereocenters. The monoisotopic (exact) mass is 292 g/mol. The summed E-state index contributed by atoms with van der Waals surface area (Å²) in [4.78, 5) is 23.4. The third kappa shape index (κ3) is 6.40. The zero-order valence-electron chi connectivity index (χ0n) is 12.7. The van der Waals surface area contributed by atoms with E-state index in [-0.39, 0.29) is 24.5 Å². The molecule has 5 heteroatoms. The lowest BCUT2D eigenvalue weighted by Gasteiger charge is -2.13. The largest absolute Gasteiger partial charge is 0.396 e. The number of nitrogens with one attached hydrogen (secondary N) is 2. The second-order valence-electron chi connectivity index (χ2n) is 5.11. The van der Waals surface area contributed by atoms with E-state index in [9.17, 15) is 9.59 Å². The number of aryl methyl sites for hydroxylation is 1. The maximum absolute atomic E-state index is 11.8. The molecule has 0 fully saturated rings. The summed E-state index contributed by atoms with van der Waals surface area (Å²) < 4.78 is 0. The van der Waals surface area contributed by atoms with Gasteiger partial charge in [-0.15, -0.1) is 0 Å². The molecule has 1 aromatic carbocycles. The zero-order chi connectivity index (χ0) is 15.7. The summed E-state index contributed by atoms with van der Waals surface area (Å²) in [6.45, 7) is 2.08. The highest BCUT2D eigenvalue weighted by Gasteiger charge is 2.08. The van der Waals surface area contributed by atoms with Crippen molar-refractivity contribution in [1.82, 2.24) is 10.6 Å². The Morgan fingerprint density at radius 1 is 1.33 bits per heavy atom. The molecule has 0 saturated heterocycles. The Kier molecular flexibility index (Phi) is 7.46. The Hall–Kier alpha value is -1.88. The number of benzene rings is 1. The third-order valence-electron chi connectivity index (χ3n) is 3.26. The number of hydrogen-bond acceptors (Lipinski definition) is 3. The molecule has 0 saturated carbocycles. The van der Waals surface area contributed by atoms with E-state index in [0.717, 1.165) is 12.0 Å². The number of aliphatic hydroxyl groups is 1. The lowest BCUT2D eigenvalue weighted by atomic mass is 10.1. The van der Waals surface area contributed by atoms with E-state index >= 15 is 0 Å². The normalized spacial score (nSPS) is 11.8. The Labute approximate surface area is 125 Å². The molecule has 0 aliphatic rings. The van der Waals surface area contributed by atoms with Crippen molar-refractivity contribution in [2.45, 2.75) is 38.6 Å². The summed E-state index contributed by atoms with van der Waals surface area (Å²) in [5.41, 5.74) is 1.57. The summed E-state index contributed by atoms with van der Waals surface area (Å²) in [6, 6.07) is 7.36. The molecule has 5 nitrogen and oxygen atoms in total. The highest BCUT2D eigenvalue weighted by Crippen LogP contribution is 2.08. The van der Waals surface area contributed by atoms with E-state index < -0.39 is 0 Å². The van der Waals surface area contributed by atoms with Crippen molar-refractivity contribution in [2.75, 3.05) is 13.7 Å². The first-order valence-electron chi connectivity index (χ1n) is 7.28. The number of amides is 2. The van der Waals surface area contributed by atoms with E-state index in [4.69, 9.17) is 5.11 Å². The number of carbonyl (C=O) groups excluding carboxylic acids is 2. The van der Waals surface area contributed by atoms with Crippen molar-refractivity contribution in [3.63, 3.8) is 0 Å².